The molecule has 0 N–H and O–H groups in total. The van der Waals surface area contributed by atoms with Crippen LogP contribution in [-0.4, -0.2) is 28.9 Å². The lowest BCUT2D eigenvalue weighted by molar-refractivity contribution is -0.131. The minimum absolute atomic E-state index is 0.00165. The van der Waals surface area contributed by atoms with Gasteiger partial charge in [-0.2, -0.15) is 5.26 Å². The fourth-order valence-corrected chi connectivity index (χ4v) is 7.79. The van der Waals surface area contributed by atoms with E-state index in [9.17, 15) is 14.9 Å². The van der Waals surface area contributed by atoms with Crippen LogP contribution in [-0.2, 0) is 26.3 Å². The molecule has 0 saturated heterocycles. The van der Waals surface area contributed by atoms with Crippen LogP contribution in [0.25, 0.3) is 0 Å². The monoisotopic (exact) mass is 593 g/mol. The maximum absolute atomic E-state index is 13.3. The molecule has 2 aliphatic carbocycles. The predicted octanol–water partition coefficient (Wildman–Crippen LogP) is 8.49. The number of rotatable bonds is 12. The SMILES string of the molecule is CCC(C)(C)CC[C@@](C)(CCC(C)(C)[C@]1(C)CC[C@H]2C(C)(C)C(=O)C(C#N)=C[C@]2(C)/C1=C/C(C)=O)c1nnc(COC)o1. The third kappa shape index (κ3) is 6.46. The molecule has 7 nitrogen and oxygen atoms in total. The molecule has 0 aromatic carbocycles. The highest BCUT2D eigenvalue weighted by molar-refractivity contribution is 6.04. The molecule has 238 valence electrons. The molecule has 1 aromatic heterocycles. The van der Waals surface area contributed by atoms with Crippen LogP contribution < -0.4 is 0 Å². The van der Waals surface area contributed by atoms with E-state index in [2.05, 4.69) is 71.7 Å². The number of methoxy groups -OCH3 is 1. The van der Waals surface area contributed by atoms with Gasteiger partial charge in [0.15, 0.2) is 11.6 Å². The lowest BCUT2D eigenvalue weighted by Gasteiger charge is -2.61. The summed E-state index contributed by atoms with van der Waals surface area (Å²) >= 11 is 0. The second kappa shape index (κ2) is 12.1. The third-order valence-electron chi connectivity index (χ3n) is 11.8. The average Bonchev–Trinajstić information content (AvgIpc) is 3.40. The van der Waals surface area contributed by atoms with Gasteiger partial charge in [-0.3, -0.25) is 9.59 Å². The number of Topliss-reactive ketones (excluding diaryl/α,β-unsaturated/α-hetero) is 1. The van der Waals surface area contributed by atoms with Crippen LogP contribution in [0.1, 0.15) is 133 Å². The van der Waals surface area contributed by atoms with Gasteiger partial charge in [0.25, 0.3) is 0 Å². The summed E-state index contributed by atoms with van der Waals surface area (Å²) in [5, 5.41) is 18.7. The Bertz CT molecular complexity index is 1330. The minimum atomic E-state index is -0.696. The van der Waals surface area contributed by atoms with Crippen molar-refractivity contribution in [1.29, 1.82) is 5.26 Å². The molecule has 1 saturated carbocycles. The number of ether oxygens (including phenoxy) is 1. The molecule has 43 heavy (non-hydrogen) atoms. The van der Waals surface area contributed by atoms with Gasteiger partial charge in [-0.1, -0.05) is 87.3 Å². The molecule has 0 spiro atoms. The molecule has 0 radical (unpaired) electrons. The normalized spacial score (nSPS) is 28.2. The molecule has 4 atom stereocenters. The number of hydrogen-bond acceptors (Lipinski definition) is 7. The van der Waals surface area contributed by atoms with Gasteiger partial charge in [0.1, 0.15) is 12.7 Å². The van der Waals surface area contributed by atoms with E-state index in [1.807, 2.05) is 26.0 Å². The zero-order valence-corrected chi connectivity index (χ0v) is 28.9. The smallest absolute Gasteiger partial charge is 0.242 e. The van der Waals surface area contributed by atoms with Crippen LogP contribution in [0.2, 0.25) is 0 Å². The Labute approximate surface area is 259 Å². The first kappa shape index (κ1) is 34.9. The topological polar surface area (TPSA) is 106 Å². The first-order valence-corrected chi connectivity index (χ1v) is 16.0. The van der Waals surface area contributed by atoms with Crippen molar-refractivity contribution in [2.75, 3.05) is 7.11 Å². The lowest BCUT2D eigenvalue weighted by atomic mass is 9.42. The average molecular weight is 594 g/mol. The lowest BCUT2D eigenvalue weighted by Crippen LogP contribution is -2.55. The number of hydrogen-bond donors (Lipinski definition) is 0. The number of nitriles is 1. The Morgan fingerprint density at radius 3 is 2.30 bits per heavy atom. The van der Waals surface area contributed by atoms with Gasteiger partial charge in [0, 0.05) is 23.4 Å². The van der Waals surface area contributed by atoms with E-state index in [1.54, 1.807) is 14.0 Å². The van der Waals surface area contributed by atoms with Crippen LogP contribution in [0, 0.1) is 44.3 Å². The summed E-state index contributed by atoms with van der Waals surface area (Å²) < 4.78 is 11.4. The number of ketones is 2. The minimum Gasteiger partial charge on any atom is -0.422 e. The number of nitrogens with zero attached hydrogens (tertiary/aromatic N) is 3. The van der Waals surface area contributed by atoms with Gasteiger partial charge in [-0.05, 0) is 73.7 Å². The molecule has 1 heterocycles. The maximum Gasteiger partial charge on any atom is 0.242 e. The van der Waals surface area contributed by atoms with E-state index in [0.717, 1.165) is 50.5 Å². The molecule has 1 fully saturated rings. The van der Waals surface area contributed by atoms with E-state index in [-0.39, 0.29) is 51.3 Å². The highest BCUT2D eigenvalue weighted by atomic mass is 16.5. The predicted molar refractivity (Wildman–Crippen MR) is 169 cm³/mol. The fourth-order valence-electron chi connectivity index (χ4n) is 7.79. The van der Waals surface area contributed by atoms with Crippen LogP contribution in [0.5, 0.6) is 0 Å². The highest BCUT2D eigenvalue weighted by Gasteiger charge is 2.61. The molecular weight excluding hydrogens is 538 g/mol. The van der Waals surface area contributed by atoms with Gasteiger partial charge in [0.05, 0.1) is 5.57 Å². The molecule has 1 aromatic rings. The summed E-state index contributed by atoms with van der Waals surface area (Å²) in [7, 11) is 1.62. The summed E-state index contributed by atoms with van der Waals surface area (Å²) in [6.45, 7) is 23.9. The van der Waals surface area contributed by atoms with Crippen molar-refractivity contribution in [2.24, 2.45) is 33.0 Å². The summed E-state index contributed by atoms with van der Waals surface area (Å²) in [5.74, 6) is 1.02. The van der Waals surface area contributed by atoms with Crippen molar-refractivity contribution in [3.8, 4) is 6.07 Å². The second-order valence-electron chi connectivity index (χ2n) is 16.0. The van der Waals surface area contributed by atoms with Gasteiger partial charge in [0.2, 0.25) is 11.8 Å². The van der Waals surface area contributed by atoms with Crippen molar-refractivity contribution in [1.82, 2.24) is 10.2 Å². The zero-order valence-electron chi connectivity index (χ0n) is 28.9. The second-order valence-corrected chi connectivity index (χ2v) is 16.0. The van der Waals surface area contributed by atoms with E-state index < -0.39 is 10.8 Å². The quantitative estimate of drug-likeness (QED) is 0.224. The van der Waals surface area contributed by atoms with E-state index >= 15 is 0 Å². The zero-order chi connectivity index (χ0) is 32.6. The van der Waals surface area contributed by atoms with Crippen LogP contribution >= 0.6 is 0 Å². The van der Waals surface area contributed by atoms with Crippen LogP contribution in [0.15, 0.2) is 27.7 Å². The Balaban J connectivity index is 2.06. The van der Waals surface area contributed by atoms with Crippen molar-refractivity contribution in [3.05, 3.63) is 35.1 Å². The van der Waals surface area contributed by atoms with Gasteiger partial charge in [-0.25, -0.2) is 0 Å². The fraction of sp³-hybridized carbons (Fsp3) is 0.750. The molecule has 0 unspecified atom stereocenters. The van der Waals surface area contributed by atoms with E-state index in [4.69, 9.17) is 9.15 Å². The Hall–Kier alpha value is -2.59. The molecule has 0 aliphatic heterocycles. The van der Waals surface area contributed by atoms with Crippen molar-refractivity contribution in [2.45, 2.75) is 133 Å². The standard InChI is InChI=1S/C36H55N3O4/c1-13-31(3,4)16-18-34(9,30-39-38-28(43-30)23-42-12)19-17-32(5,6)36(11)15-14-26-33(7,8)29(41)25(22-37)21-35(26,10)27(36)20-24(2)40/h20-21,26H,13-19,23H2,1-12H3/b27-20-/t26-,34-,35-,36+/m0/s1. The van der Waals surface area contributed by atoms with Gasteiger partial charge in [-0.15, -0.1) is 10.2 Å². The maximum atomic E-state index is 13.3. The highest BCUT2D eigenvalue weighted by Crippen LogP contribution is 2.67. The molecule has 7 heteroatoms. The van der Waals surface area contributed by atoms with Gasteiger partial charge >= 0.3 is 0 Å². The van der Waals surface area contributed by atoms with E-state index in [0.29, 0.717) is 11.8 Å². The molecule has 2 aliphatic rings. The Morgan fingerprint density at radius 2 is 1.74 bits per heavy atom. The van der Waals surface area contributed by atoms with Crippen LogP contribution in [0.4, 0.5) is 0 Å². The molecule has 0 bridgehead atoms. The summed E-state index contributed by atoms with van der Waals surface area (Å²) in [4.78, 5) is 26.1. The summed E-state index contributed by atoms with van der Waals surface area (Å²) in [5.41, 5.74) is -0.767. The first-order chi connectivity index (χ1) is 19.7. The molecular formula is C36H55N3O4. The number of fused-ring (bicyclic) bond motifs is 1. The number of aromatic nitrogens is 2. The molecule has 3 rings (SSSR count). The number of allylic oxidation sites excluding steroid dienone is 4. The van der Waals surface area contributed by atoms with Crippen molar-refractivity contribution in [3.63, 3.8) is 0 Å². The molecule has 0 amide bonds. The largest absolute Gasteiger partial charge is 0.422 e. The number of carbonyl (C=O) groups is 2. The van der Waals surface area contributed by atoms with Gasteiger partial charge < -0.3 is 9.15 Å². The third-order valence-corrected chi connectivity index (χ3v) is 11.8. The van der Waals surface area contributed by atoms with E-state index in [1.165, 1.54) is 0 Å². The summed E-state index contributed by atoms with van der Waals surface area (Å²) in [6.07, 6.45) is 10.1. The Kier molecular flexibility index (Phi) is 9.79. The first-order valence-electron chi connectivity index (χ1n) is 16.0. The van der Waals surface area contributed by atoms with Crippen molar-refractivity contribution < 1.29 is 18.7 Å². The number of carbonyl (C=O) groups excluding carboxylic acids is 2. The Morgan fingerprint density at radius 1 is 1.12 bits per heavy atom. The van der Waals surface area contributed by atoms with Crippen molar-refractivity contribution >= 4 is 11.6 Å². The summed E-state index contributed by atoms with van der Waals surface area (Å²) in [6, 6.07) is 2.18. The van der Waals surface area contributed by atoms with Crippen LogP contribution in [0.3, 0.4) is 0 Å².